The fourth-order valence-electron chi connectivity index (χ4n) is 1.44. The van der Waals surface area contributed by atoms with Crippen LogP contribution in [0.1, 0.15) is 5.56 Å². The number of ether oxygens (including phenoxy) is 1. The molecule has 8 heteroatoms. The minimum atomic E-state index is -4.66. The zero-order valence-corrected chi connectivity index (χ0v) is 9.79. The second-order valence-electron chi connectivity index (χ2n) is 3.71. The lowest BCUT2D eigenvalue weighted by atomic mass is 10.2. The van der Waals surface area contributed by atoms with Gasteiger partial charge in [-0.2, -0.15) is 13.2 Å². The van der Waals surface area contributed by atoms with Crippen LogP contribution in [0.15, 0.2) is 42.6 Å². The van der Waals surface area contributed by atoms with E-state index in [2.05, 4.69) is 4.98 Å². The van der Waals surface area contributed by atoms with E-state index < -0.39 is 22.4 Å². The normalized spacial score (nSPS) is 11.2. The number of nitro groups is 1. The summed E-state index contributed by atoms with van der Waals surface area (Å²) in [6.45, 7) is 0. The Morgan fingerprint density at radius 3 is 2.50 bits per heavy atom. The highest BCUT2D eigenvalue weighted by Crippen LogP contribution is 2.37. The third-order valence-corrected chi connectivity index (χ3v) is 2.34. The quantitative estimate of drug-likeness (QED) is 0.635. The van der Waals surface area contributed by atoms with Gasteiger partial charge in [-0.05, 0) is 18.2 Å². The second kappa shape index (κ2) is 5.16. The monoisotopic (exact) mass is 284 g/mol. The number of halogens is 3. The maximum absolute atomic E-state index is 12.5. The molecule has 0 saturated carbocycles. The molecule has 0 spiro atoms. The third kappa shape index (κ3) is 3.02. The van der Waals surface area contributed by atoms with Gasteiger partial charge in [0.25, 0.3) is 0 Å². The minimum absolute atomic E-state index is 0.0513. The third-order valence-electron chi connectivity index (χ3n) is 2.34. The van der Waals surface area contributed by atoms with E-state index in [9.17, 15) is 23.3 Å². The van der Waals surface area contributed by atoms with Crippen molar-refractivity contribution in [2.75, 3.05) is 0 Å². The average molecular weight is 284 g/mol. The molecule has 0 N–H and O–H groups in total. The van der Waals surface area contributed by atoms with Crippen LogP contribution in [0.2, 0.25) is 0 Å². The molecular weight excluding hydrogens is 277 g/mol. The maximum atomic E-state index is 12.5. The predicted octanol–water partition coefficient (Wildman–Crippen LogP) is 3.80. The molecule has 0 fully saturated rings. The Morgan fingerprint density at radius 2 is 1.95 bits per heavy atom. The topological polar surface area (TPSA) is 65.3 Å². The first-order valence-electron chi connectivity index (χ1n) is 5.32. The lowest BCUT2D eigenvalue weighted by Gasteiger charge is -2.09. The molecule has 2 rings (SSSR count). The number of pyridine rings is 1. The van der Waals surface area contributed by atoms with Crippen LogP contribution in [0, 0.1) is 10.1 Å². The Kier molecular flexibility index (Phi) is 3.55. The van der Waals surface area contributed by atoms with Gasteiger partial charge < -0.3 is 4.74 Å². The Labute approximate surface area is 110 Å². The summed E-state index contributed by atoms with van der Waals surface area (Å²) in [4.78, 5) is 13.7. The van der Waals surface area contributed by atoms with Crippen LogP contribution < -0.4 is 4.74 Å². The Bertz CT molecular complexity index is 630. The van der Waals surface area contributed by atoms with Crippen molar-refractivity contribution in [1.82, 2.24) is 4.98 Å². The molecule has 0 aliphatic rings. The van der Waals surface area contributed by atoms with Crippen LogP contribution in [0.3, 0.4) is 0 Å². The number of nitro benzene ring substituents is 1. The summed E-state index contributed by atoms with van der Waals surface area (Å²) < 4.78 is 42.7. The number of rotatable bonds is 3. The fourth-order valence-corrected chi connectivity index (χ4v) is 1.44. The summed E-state index contributed by atoms with van der Waals surface area (Å²) >= 11 is 0. The highest BCUT2D eigenvalue weighted by molar-refractivity contribution is 5.50. The van der Waals surface area contributed by atoms with Gasteiger partial charge in [0.2, 0.25) is 11.6 Å². The van der Waals surface area contributed by atoms with Gasteiger partial charge in [-0.15, -0.1) is 0 Å². The number of hydrogen-bond donors (Lipinski definition) is 0. The van der Waals surface area contributed by atoms with Gasteiger partial charge >= 0.3 is 11.9 Å². The van der Waals surface area contributed by atoms with Gasteiger partial charge in [0.15, 0.2) is 0 Å². The Hall–Kier alpha value is -2.64. The fraction of sp³-hybridized carbons (Fsp3) is 0.0833. The molecule has 1 heterocycles. The van der Waals surface area contributed by atoms with Crippen molar-refractivity contribution >= 4 is 5.69 Å². The molecule has 0 saturated heterocycles. The molecule has 104 valence electrons. The van der Waals surface area contributed by atoms with E-state index in [0.717, 1.165) is 6.07 Å². The first kappa shape index (κ1) is 13.8. The molecule has 0 aliphatic carbocycles. The largest absolute Gasteiger partial charge is 0.432 e. The Balaban J connectivity index is 2.41. The lowest BCUT2D eigenvalue weighted by Crippen LogP contribution is -2.06. The van der Waals surface area contributed by atoms with Gasteiger partial charge in [0.1, 0.15) is 0 Å². The van der Waals surface area contributed by atoms with Crippen molar-refractivity contribution in [2.24, 2.45) is 0 Å². The van der Waals surface area contributed by atoms with E-state index >= 15 is 0 Å². The molecule has 20 heavy (non-hydrogen) atoms. The van der Waals surface area contributed by atoms with Crippen molar-refractivity contribution in [3.8, 4) is 11.6 Å². The van der Waals surface area contributed by atoms with Gasteiger partial charge in [0, 0.05) is 18.3 Å². The minimum Gasteiger partial charge on any atom is -0.432 e. The van der Waals surface area contributed by atoms with E-state index in [-0.39, 0.29) is 11.6 Å². The number of alkyl halides is 3. The van der Waals surface area contributed by atoms with Crippen molar-refractivity contribution in [3.05, 3.63) is 58.3 Å². The van der Waals surface area contributed by atoms with E-state index in [1.807, 2.05) is 0 Å². The molecule has 5 nitrogen and oxygen atoms in total. The summed E-state index contributed by atoms with van der Waals surface area (Å²) in [6, 6.07) is 6.66. The zero-order chi connectivity index (χ0) is 14.8. The number of benzene rings is 1. The van der Waals surface area contributed by atoms with Crippen molar-refractivity contribution in [3.63, 3.8) is 0 Å². The molecule has 1 aromatic carbocycles. The standard InChI is InChI=1S/C12H7F3N2O3/c13-12(14,15)8-4-5-10(9(7-8)17(18)19)20-11-3-1-2-6-16-11/h1-7H. The van der Waals surface area contributed by atoms with E-state index in [1.54, 1.807) is 12.1 Å². The molecule has 0 unspecified atom stereocenters. The maximum Gasteiger partial charge on any atom is 0.416 e. The molecule has 1 aromatic heterocycles. The van der Waals surface area contributed by atoms with E-state index in [0.29, 0.717) is 12.1 Å². The first-order chi connectivity index (χ1) is 9.38. The Morgan fingerprint density at radius 1 is 1.20 bits per heavy atom. The summed E-state index contributed by atoms with van der Waals surface area (Å²) in [5.74, 6) is -0.253. The summed E-state index contributed by atoms with van der Waals surface area (Å²) in [5.41, 5.74) is -1.89. The summed E-state index contributed by atoms with van der Waals surface area (Å²) in [6.07, 6.45) is -3.26. The first-order valence-corrected chi connectivity index (χ1v) is 5.32. The van der Waals surface area contributed by atoms with Gasteiger partial charge in [-0.3, -0.25) is 10.1 Å². The van der Waals surface area contributed by atoms with Crippen molar-refractivity contribution in [1.29, 1.82) is 0 Å². The van der Waals surface area contributed by atoms with Crippen molar-refractivity contribution < 1.29 is 22.8 Å². The summed E-state index contributed by atoms with van der Waals surface area (Å²) in [5, 5.41) is 10.8. The van der Waals surface area contributed by atoms with Crippen molar-refractivity contribution in [2.45, 2.75) is 6.18 Å². The molecule has 0 aliphatic heterocycles. The smallest absolute Gasteiger partial charge is 0.416 e. The van der Waals surface area contributed by atoms with Gasteiger partial charge in [-0.1, -0.05) is 6.07 Å². The van der Waals surface area contributed by atoms with Crippen LogP contribution in [-0.2, 0) is 6.18 Å². The number of aromatic nitrogens is 1. The second-order valence-corrected chi connectivity index (χ2v) is 3.71. The lowest BCUT2D eigenvalue weighted by molar-refractivity contribution is -0.385. The van der Waals surface area contributed by atoms with Crippen LogP contribution in [-0.4, -0.2) is 9.91 Å². The predicted molar refractivity (Wildman–Crippen MR) is 62.4 cm³/mol. The van der Waals surface area contributed by atoms with E-state index in [4.69, 9.17) is 4.74 Å². The van der Waals surface area contributed by atoms with Crippen LogP contribution in [0.4, 0.5) is 18.9 Å². The van der Waals surface area contributed by atoms with E-state index in [1.165, 1.54) is 12.3 Å². The number of hydrogen-bond acceptors (Lipinski definition) is 4. The van der Waals surface area contributed by atoms with Gasteiger partial charge in [-0.25, -0.2) is 4.98 Å². The zero-order valence-electron chi connectivity index (χ0n) is 9.79. The molecule has 2 aromatic rings. The highest BCUT2D eigenvalue weighted by Gasteiger charge is 2.33. The molecular formula is C12H7F3N2O3. The molecule has 0 radical (unpaired) electrons. The van der Waals surface area contributed by atoms with Crippen LogP contribution >= 0.6 is 0 Å². The average Bonchev–Trinajstić information content (AvgIpc) is 2.38. The van der Waals surface area contributed by atoms with Crippen LogP contribution in [0.5, 0.6) is 11.6 Å². The number of nitrogens with zero attached hydrogens (tertiary/aromatic N) is 2. The molecule has 0 amide bonds. The van der Waals surface area contributed by atoms with Gasteiger partial charge in [0.05, 0.1) is 10.5 Å². The van der Waals surface area contributed by atoms with Crippen LogP contribution in [0.25, 0.3) is 0 Å². The highest BCUT2D eigenvalue weighted by atomic mass is 19.4. The molecule has 0 bridgehead atoms. The molecule has 0 atom stereocenters. The summed E-state index contributed by atoms with van der Waals surface area (Å²) in [7, 11) is 0. The SMILES string of the molecule is O=[N+]([O-])c1cc(C(F)(F)F)ccc1Oc1ccccn1.